The van der Waals surface area contributed by atoms with Crippen LogP contribution >= 0.6 is 0 Å². The van der Waals surface area contributed by atoms with E-state index in [4.69, 9.17) is 4.42 Å². The van der Waals surface area contributed by atoms with Crippen molar-refractivity contribution in [2.24, 2.45) is 0 Å². The Morgan fingerprint density at radius 3 is 2.88 bits per heavy atom. The first kappa shape index (κ1) is 9.40. The van der Waals surface area contributed by atoms with Gasteiger partial charge in [0.1, 0.15) is 5.58 Å². The van der Waals surface area contributed by atoms with Gasteiger partial charge >= 0.3 is 5.63 Å². The number of rotatable bonds is 0. The Bertz CT molecular complexity index is 648. The first-order chi connectivity index (χ1) is 7.75. The zero-order valence-electron chi connectivity index (χ0n) is 9.12. The second-order valence-electron chi connectivity index (χ2n) is 4.21. The molecule has 0 unspecified atom stereocenters. The summed E-state index contributed by atoms with van der Waals surface area (Å²) < 4.78 is 5.35. The summed E-state index contributed by atoms with van der Waals surface area (Å²) in [6, 6.07) is 5.73. The third kappa shape index (κ3) is 1.30. The van der Waals surface area contributed by atoms with E-state index in [0.29, 0.717) is 0 Å². The third-order valence-electron chi connectivity index (χ3n) is 3.15. The molecule has 1 aromatic heterocycles. The summed E-state index contributed by atoms with van der Waals surface area (Å²) in [4.78, 5) is 11.4. The molecule has 0 radical (unpaired) electrons. The lowest BCUT2D eigenvalue weighted by Gasteiger charge is -2.13. The van der Waals surface area contributed by atoms with Gasteiger partial charge in [0.25, 0.3) is 0 Å². The molecule has 0 amide bonds. The monoisotopic (exact) mass is 212 g/mol. The van der Waals surface area contributed by atoms with Crippen LogP contribution in [0, 0.1) is 6.92 Å². The average molecular weight is 212 g/mol. The Hall–Kier alpha value is -1.83. The predicted octanol–water partition coefficient (Wildman–Crippen LogP) is 2.76. The van der Waals surface area contributed by atoms with E-state index >= 15 is 0 Å². The zero-order chi connectivity index (χ0) is 11.1. The molecule has 0 N–H and O–H groups in total. The molecule has 1 aliphatic rings. The van der Waals surface area contributed by atoms with Crippen LogP contribution in [0.15, 0.2) is 39.6 Å². The van der Waals surface area contributed by atoms with Crippen molar-refractivity contribution >= 4 is 11.0 Å². The minimum Gasteiger partial charge on any atom is -0.422 e. The molecule has 0 aliphatic heterocycles. The minimum absolute atomic E-state index is 0.257. The predicted molar refractivity (Wildman–Crippen MR) is 63.8 cm³/mol. The van der Waals surface area contributed by atoms with Crippen LogP contribution in [-0.4, -0.2) is 0 Å². The van der Waals surface area contributed by atoms with Crippen molar-refractivity contribution in [3.05, 3.63) is 57.5 Å². The minimum atomic E-state index is -0.257. The molecule has 1 aromatic carbocycles. The number of allylic oxidation sites excluding steroid dienone is 2. The average Bonchev–Trinajstić information content (AvgIpc) is 2.28. The van der Waals surface area contributed by atoms with Crippen molar-refractivity contribution in [2.45, 2.75) is 19.8 Å². The Kier molecular flexibility index (Phi) is 1.96. The largest absolute Gasteiger partial charge is 0.422 e. The van der Waals surface area contributed by atoms with E-state index in [1.54, 1.807) is 6.07 Å². The van der Waals surface area contributed by atoms with E-state index in [1.807, 2.05) is 13.0 Å². The zero-order valence-corrected chi connectivity index (χ0v) is 9.12. The van der Waals surface area contributed by atoms with Gasteiger partial charge in [0.2, 0.25) is 0 Å². The summed E-state index contributed by atoms with van der Waals surface area (Å²) in [7, 11) is 0. The molecular weight excluding hydrogens is 200 g/mol. The fraction of sp³-hybridized carbons (Fsp3) is 0.214. The molecular formula is C14H12O2. The molecule has 0 saturated heterocycles. The Morgan fingerprint density at radius 2 is 2.00 bits per heavy atom. The Morgan fingerprint density at radius 1 is 1.19 bits per heavy atom. The van der Waals surface area contributed by atoms with Crippen LogP contribution in [0.5, 0.6) is 0 Å². The topological polar surface area (TPSA) is 30.2 Å². The molecule has 2 heteroatoms. The fourth-order valence-corrected chi connectivity index (χ4v) is 2.31. The van der Waals surface area contributed by atoms with Crippen LogP contribution in [0.3, 0.4) is 0 Å². The number of aryl methyl sites for hydroxylation is 1. The van der Waals surface area contributed by atoms with Crippen LogP contribution in [0.2, 0.25) is 0 Å². The maximum atomic E-state index is 11.4. The Labute approximate surface area is 93.2 Å². The van der Waals surface area contributed by atoms with Crippen molar-refractivity contribution in [3.63, 3.8) is 0 Å². The number of benzene rings is 1. The number of fused-ring (bicyclic) bond motifs is 3. The highest BCUT2D eigenvalue weighted by Gasteiger charge is 2.12. The molecule has 2 aromatic rings. The van der Waals surface area contributed by atoms with Crippen LogP contribution < -0.4 is 5.63 Å². The first-order valence-electron chi connectivity index (χ1n) is 5.46. The molecule has 1 heterocycles. The van der Waals surface area contributed by atoms with Gasteiger partial charge < -0.3 is 4.42 Å². The summed E-state index contributed by atoms with van der Waals surface area (Å²) in [6.07, 6.45) is 6.08. The maximum absolute atomic E-state index is 11.4. The lowest BCUT2D eigenvalue weighted by atomic mass is 9.94. The van der Waals surface area contributed by atoms with Gasteiger partial charge in [-0.25, -0.2) is 4.79 Å². The van der Waals surface area contributed by atoms with E-state index < -0.39 is 0 Å². The summed E-state index contributed by atoms with van der Waals surface area (Å²) >= 11 is 0. The van der Waals surface area contributed by atoms with E-state index in [-0.39, 0.29) is 5.63 Å². The highest BCUT2D eigenvalue weighted by Crippen LogP contribution is 2.27. The van der Waals surface area contributed by atoms with E-state index in [2.05, 4.69) is 18.2 Å². The SMILES string of the molecule is Cc1cc(=O)oc2c3c(ccc12)CC=CC3. The quantitative estimate of drug-likeness (QED) is 0.496. The molecule has 1 aliphatic carbocycles. The van der Waals surface area contributed by atoms with Crippen molar-refractivity contribution in [1.29, 1.82) is 0 Å². The van der Waals surface area contributed by atoms with E-state index in [9.17, 15) is 4.79 Å². The molecule has 0 spiro atoms. The van der Waals surface area contributed by atoms with Crippen molar-refractivity contribution < 1.29 is 4.42 Å². The second kappa shape index (κ2) is 3.34. The van der Waals surface area contributed by atoms with Gasteiger partial charge in [0.05, 0.1) is 0 Å². The summed E-state index contributed by atoms with van der Waals surface area (Å²) in [6.45, 7) is 1.95. The van der Waals surface area contributed by atoms with Gasteiger partial charge in [0.15, 0.2) is 0 Å². The Balaban J connectivity index is 2.45. The second-order valence-corrected chi connectivity index (χ2v) is 4.21. The normalized spacial score (nSPS) is 14.1. The highest BCUT2D eigenvalue weighted by molar-refractivity contribution is 5.84. The van der Waals surface area contributed by atoms with Crippen molar-refractivity contribution in [1.82, 2.24) is 0 Å². The molecule has 0 atom stereocenters. The third-order valence-corrected chi connectivity index (χ3v) is 3.15. The van der Waals surface area contributed by atoms with Crippen molar-refractivity contribution in [2.75, 3.05) is 0 Å². The summed E-state index contributed by atoms with van der Waals surface area (Å²) in [5, 5.41) is 1.05. The number of hydrogen-bond donors (Lipinski definition) is 0. The first-order valence-corrected chi connectivity index (χ1v) is 5.46. The molecule has 16 heavy (non-hydrogen) atoms. The summed E-state index contributed by atoms with van der Waals surface area (Å²) in [5.41, 5.74) is 3.94. The highest BCUT2D eigenvalue weighted by atomic mass is 16.4. The molecule has 0 saturated carbocycles. The van der Waals surface area contributed by atoms with Gasteiger partial charge in [-0.05, 0) is 30.9 Å². The van der Waals surface area contributed by atoms with Crippen LogP contribution in [0.25, 0.3) is 11.0 Å². The van der Waals surface area contributed by atoms with Gasteiger partial charge in [-0.3, -0.25) is 0 Å². The number of hydrogen-bond acceptors (Lipinski definition) is 2. The lowest BCUT2D eigenvalue weighted by molar-refractivity contribution is 0.556. The van der Waals surface area contributed by atoms with Crippen molar-refractivity contribution in [3.8, 4) is 0 Å². The van der Waals surface area contributed by atoms with E-state index in [0.717, 1.165) is 29.4 Å². The maximum Gasteiger partial charge on any atom is 0.336 e. The smallest absolute Gasteiger partial charge is 0.336 e. The van der Waals surface area contributed by atoms with E-state index in [1.165, 1.54) is 11.1 Å². The van der Waals surface area contributed by atoms with Gasteiger partial charge in [0, 0.05) is 17.0 Å². The van der Waals surface area contributed by atoms with Gasteiger partial charge in [-0.2, -0.15) is 0 Å². The van der Waals surface area contributed by atoms with Gasteiger partial charge in [-0.1, -0.05) is 24.3 Å². The lowest BCUT2D eigenvalue weighted by Crippen LogP contribution is -2.03. The molecule has 3 rings (SSSR count). The van der Waals surface area contributed by atoms with Crippen LogP contribution in [-0.2, 0) is 12.8 Å². The van der Waals surface area contributed by atoms with Crippen LogP contribution in [0.1, 0.15) is 16.7 Å². The molecule has 0 fully saturated rings. The van der Waals surface area contributed by atoms with Gasteiger partial charge in [-0.15, -0.1) is 0 Å². The molecule has 0 bridgehead atoms. The summed E-state index contributed by atoms with van der Waals surface area (Å²) in [5.74, 6) is 0. The fourth-order valence-electron chi connectivity index (χ4n) is 2.31. The standard InChI is InChI=1S/C14H12O2/c1-9-8-13(15)16-14-11(9)7-6-10-4-2-3-5-12(10)14/h2-3,6-8H,4-5H2,1H3. The van der Waals surface area contributed by atoms with Crippen LogP contribution in [0.4, 0.5) is 0 Å². The molecule has 80 valence electrons. The molecule has 2 nitrogen and oxygen atoms in total.